The van der Waals surface area contributed by atoms with Crippen LogP contribution in [0.2, 0.25) is 0 Å². The Hall–Kier alpha value is -2.28. The third-order valence-electron chi connectivity index (χ3n) is 15.2. The van der Waals surface area contributed by atoms with Crippen LogP contribution < -0.4 is 5.32 Å². The molecule has 6 aliphatic rings. The van der Waals surface area contributed by atoms with Crippen LogP contribution in [0.1, 0.15) is 122 Å². The first-order valence-corrected chi connectivity index (χ1v) is 17.7. The van der Waals surface area contributed by atoms with Crippen molar-refractivity contribution in [1.29, 1.82) is 0 Å². The van der Waals surface area contributed by atoms with Gasteiger partial charge in [-0.25, -0.2) is 4.68 Å². The standard InChI is InChI=1S/C38H55N3O4/c1-33(2)28-11-12-38(7)29(36(28,5)19-24-22-41(40-30(24)33)31(43)23-10-9-17-39-21-23)27(42)18-25-26-20-35(4,32(44)45-8)14-13-34(26,3)15-16-37(25,38)6/h18,22-23,26,28-29,39H,9-17,19-21H2,1-8H3/t23?,26-,28?,29?,34+,35+,36-,37+,38+/m0/s1. The van der Waals surface area contributed by atoms with Crippen LogP contribution in [0.4, 0.5) is 0 Å². The van der Waals surface area contributed by atoms with E-state index < -0.39 is 5.41 Å². The van der Waals surface area contributed by atoms with Crippen LogP contribution >= 0.6 is 0 Å². The second-order valence-corrected chi connectivity index (χ2v) is 18.0. The third kappa shape index (κ3) is 4.10. The van der Waals surface area contributed by atoms with Crippen LogP contribution in [0.15, 0.2) is 17.8 Å². The number of fused-ring (bicyclic) bond motifs is 8. The van der Waals surface area contributed by atoms with Gasteiger partial charge in [0, 0.05) is 24.1 Å². The number of carbonyl (C=O) groups excluding carboxylic acids is 3. The average molecular weight is 618 g/mol. The second kappa shape index (κ2) is 9.87. The van der Waals surface area contributed by atoms with Crippen LogP contribution in [0.5, 0.6) is 0 Å². The topological polar surface area (TPSA) is 90.3 Å². The van der Waals surface area contributed by atoms with Gasteiger partial charge < -0.3 is 10.1 Å². The molecule has 7 rings (SSSR count). The summed E-state index contributed by atoms with van der Waals surface area (Å²) in [6.45, 7) is 18.0. The van der Waals surface area contributed by atoms with Gasteiger partial charge in [-0.15, -0.1) is 0 Å². The number of piperidine rings is 1. The molecule has 45 heavy (non-hydrogen) atoms. The summed E-state index contributed by atoms with van der Waals surface area (Å²) in [5.41, 5.74) is 2.29. The van der Waals surface area contributed by atoms with E-state index >= 15 is 0 Å². The number of allylic oxidation sites excluding steroid dienone is 2. The molecule has 9 atom stereocenters. The molecule has 0 radical (unpaired) electrons. The quantitative estimate of drug-likeness (QED) is 0.372. The van der Waals surface area contributed by atoms with Crippen molar-refractivity contribution in [1.82, 2.24) is 15.1 Å². The molecule has 246 valence electrons. The average Bonchev–Trinajstić information content (AvgIpc) is 3.43. The lowest BCUT2D eigenvalue weighted by atomic mass is 9.33. The van der Waals surface area contributed by atoms with Gasteiger partial charge in [0.15, 0.2) is 5.78 Å². The van der Waals surface area contributed by atoms with Crippen molar-refractivity contribution >= 4 is 17.7 Å². The van der Waals surface area contributed by atoms with Crippen molar-refractivity contribution in [2.45, 2.75) is 118 Å². The maximum absolute atomic E-state index is 14.8. The molecule has 7 heteroatoms. The van der Waals surface area contributed by atoms with Crippen LogP contribution in [0.25, 0.3) is 0 Å². The zero-order valence-corrected chi connectivity index (χ0v) is 29.0. The normalized spacial score (nSPS) is 45.2. The Kier molecular flexibility index (Phi) is 6.87. The fourth-order valence-electron chi connectivity index (χ4n) is 12.4. The molecule has 4 fully saturated rings. The van der Waals surface area contributed by atoms with Crippen LogP contribution in [-0.4, -0.2) is 47.6 Å². The minimum atomic E-state index is -0.516. The summed E-state index contributed by atoms with van der Waals surface area (Å²) in [7, 11) is 1.50. The van der Waals surface area contributed by atoms with E-state index in [4.69, 9.17) is 9.84 Å². The van der Waals surface area contributed by atoms with Gasteiger partial charge in [0.2, 0.25) is 0 Å². The molecule has 3 unspecified atom stereocenters. The predicted octanol–water partition coefficient (Wildman–Crippen LogP) is 6.69. The highest BCUT2D eigenvalue weighted by Crippen LogP contribution is 2.74. The number of hydrogen-bond donors (Lipinski definition) is 1. The summed E-state index contributed by atoms with van der Waals surface area (Å²) in [6.07, 6.45) is 13.6. The predicted molar refractivity (Wildman–Crippen MR) is 174 cm³/mol. The van der Waals surface area contributed by atoms with Gasteiger partial charge in [0.05, 0.1) is 24.1 Å². The molecule has 0 aromatic carbocycles. The number of ether oxygens (including phenoxy) is 1. The minimum Gasteiger partial charge on any atom is -0.469 e. The van der Waals surface area contributed by atoms with Crippen molar-refractivity contribution in [3.63, 3.8) is 0 Å². The first kappa shape index (κ1) is 31.3. The maximum Gasteiger partial charge on any atom is 0.311 e. The summed E-state index contributed by atoms with van der Waals surface area (Å²) in [5.74, 6) is 0.611. The third-order valence-corrected chi connectivity index (χ3v) is 15.2. The lowest BCUT2D eigenvalue weighted by Gasteiger charge is -2.69. The van der Waals surface area contributed by atoms with Gasteiger partial charge in [-0.3, -0.25) is 14.4 Å². The summed E-state index contributed by atoms with van der Waals surface area (Å²) >= 11 is 0. The second-order valence-electron chi connectivity index (χ2n) is 18.0. The van der Waals surface area contributed by atoms with Crippen molar-refractivity contribution in [2.75, 3.05) is 20.2 Å². The van der Waals surface area contributed by atoms with Crippen molar-refractivity contribution in [2.24, 2.45) is 50.7 Å². The monoisotopic (exact) mass is 617 g/mol. The number of nitrogens with one attached hydrogen (secondary N) is 1. The molecule has 1 saturated heterocycles. The van der Waals surface area contributed by atoms with Crippen molar-refractivity contribution in [3.8, 4) is 0 Å². The first-order valence-electron chi connectivity index (χ1n) is 17.7. The maximum atomic E-state index is 14.8. The zero-order chi connectivity index (χ0) is 32.4. The number of rotatable bonds is 2. The van der Waals surface area contributed by atoms with E-state index in [0.29, 0.717) is 12.5 Å². The summed E-state index contributed by atoms with van der Waals surface area (Å²) in [5, 5.41) is 8.39. The SMILES string of the molecule is COC(=O)[C@]1(C)CC[C@]2(C)CC[C@]3(C)C(=CC(=O)C4[C@@]5(C)Cc6cn(C(=O)C7CCCNC7)nc6C(C)(C)C5CC[C@]43C)[C@@H]2C1. The Bertz CT molecular complexity index is 1490. The fraction of sp³-hybridized carbons (Fsp3) is 0.789. The summed E-state index contributed by atoms with van der Waals surface area (Å²) < 4.78 is 6.96. The molecule has 0 amide bonds. The highest BCUT2D eigenvalue weighted by atomic mass is 16.5. The summed E-state index contributed by atoms with van der Waals surface area (Å²) in [4.78, 5) is 41.4. The number of esters is 1. The molecule has 1 aromatic heterocycles. The van der Waals surface area contributed by atoms with Crippen molar-refractivity contribution in [3.05, 3.63) is 29.1 Å². The van der Waals surface area contributed by atoms with E-state index in [0.717, 1.165) is 82.0 Å². The van der Waals surface area contributed by atoms with Gasteiger partial charge in [0.25, 0.3) is 5.91 Å². The van der Waals surface area contributed by atoms with Crippen LogP contribution in [0.3, 0.4) is 0 Å². The molecule has 1 aliphatic heterocycles. The summed E-state index contributed by atoms with van der Waals surface area (Å²) in [6, 6.07) is 0. The largest absolute Gasteiger partial charge is 0.469 e. The van der Waals surface area contributed by atoms with Gasteiger partial charge in [-0.1, -0.05) is 47.1 Å². The van der Waals surface area contributed by atoms with Crippen LogP contribution in [-0.2, 0) is 26.2 Å². The minimum absolute atomic E-state index is 0.0365. The molecule has 2 heterocycles. The molecule has 5 aliphatic carbocycles. The molecule has 1 aromatic rings. The Morgan fingerprint density at radius 2 is 1.73 bits per heavy atom. The van der Waals surface area contributed by atoms with E-state index in [-0.39, 0.29) is 62.5 Å². The number of carbonyl (C=O) groups is 3. The van der Waals surface area contributed by atoms with Crippen molar-refractivity contribution < 1.29 is 19.1 Å². The van der Waals surface area contributed by atoms with E-state index in [1.807, 2.05) is 6.20 Å². The number of nitrogens with zero attached hydrogens (tertiary/aromatic N) is 2. The lowest BCUT2D eigenvalue weighted by Crippen LogP contribution is -2.66. The highest BCUT2D eigenvalue weighted by molar-refractivity contribution is 5.96. The van der Waals surface area contributed by atoms with Crippen LogP contribution in [0, 0.1) is 50.7 Å². The Morgan fingerprint density at radius 3 is 2.42 bits per heavy atom. The molecule has 7 nitrogen and oxygen atoms in total. The van der Waals surface area contributed by atoms with Gasteiger partial charge in [0.1, 0.15) is 0 Å². The van der Waals surface area contributed by atoms with E-state index in [1.54, 1.807) is 4.68 Å². The Morgan fingerprint density at radius 1 is 1.00 bits per heavy atom. The number of ketones is 1. The molecular weight excluding hydrogens is 562 g/mol. The van der Waals surface area contributed by atoms with E-state index in [9.17, 15) is 14.4 Å². The smallest absolute Gasteiger partial charge is 0.311 e. The number of aromatic nitrogens is 2. The zero-order valence-electron chi connectivity index (χ0n) is 29.0. The molecule has 3 saturated carbocycles. The molecular formula is C38H55N3O4. The van der Waals surface area contributed by atoms with Gasteiger partial charge >= 0.3 is 5.97 Å². The lowest BCUT2D eigenvalue weighted by molar-refractivity contribution is -0.174. The molecule has 1 N–H and O–H groups in total. The van der Waals surface area contributed by atoms with Gasteiger partial charge in [-0.2, -0.15) is 5.10 Å². The Balaban J connectivity index is 1.28. The highest BCUT2D eigenvalue weighted by Gasteiger charge is 2.70. The van der Waals surface area contributed by atoms with E-state index in [1.165, 1.54) is 12.7 Å². The fourth-order valence-corrected chi connectivity index (χ4v) is 12.4. The van der Waals surface area contributed by atoms with Gasteiger partial charge in [-0.05, 0) is 123 Å². The number of methoxy groups -OCH3 is 1. The number of hydrogen-bond acceptors (Lipinski definition) is 6. The first-order chi connectivity index (χ1) is 21.0. The Labute approximate surface area is 269 Å². The molecule has 0 bridgehead atoms. The molecule has 0 spiro atoms. The van der Waals surface area contributed by atoms with E-state index in [2.05, 4.69) is 59.9 Å².